The summed E-state index contributed by atoms with van der Waals surface area (Å²) in [5.41, 5.74) is 1.15. The Labute approximate surface area is 139 Å². The van der Waals surface area contributed by atoms with Crippen LogP contribution in [0.5, 0.6) is 11.5 Å². The second-order valence-corrected chi connectivity index (χ2v) is 6.97. The molecule has 0 unspecified atom stereocenters. The van der Waals surface area contributed by atoms with Crippen molar-refractivity contribution in [3.63, 3.8) is 0 Å². The summed E-state index contributed by atoms with van der Waals surface area (Å²) >= 11 is 0. The van der Waals surface area contributed by atoms with Crippen molar-refractivity contribution in [2.45, 2.75) is 52.2 Å². The minimum absolute atomic E-state index is 0.323. The molecule has 1 heterocycles. The van der Waals surface area contributed by atoms with E-state index in [0.717, 1.165) is 36.2 Å². The van der Waals surface area contributed by atoms with E-state index in [9.17, 15) is 0 Å². The molecule has 1 aliphatic carbocycles. The van der Waals surface area contributed by atoms with Gasteiger partial charge >= 0.3 is 0 Å². The summed E-state index contributed by atoms with van der Waals surface area (Å²) in [6.45, 7) is 6.95. The van der Waals surface area contributed by atoms with Gasteiger partial charge in [-0.2, -0.15) is 0 Å². The summed E-state index contributed by atoms with van der Waals surface area (Å²) in [6.07, 6.45) is 5.40. The van der Waals surface area contributed by atoms with Gasteiger partial charge in [-0.3, -0.25) is 0 Å². The van der Waals surface area contributed by atoms with Crippen molar-refractivity contribution in [2.75, 3.05) is 20.0 Å². The molecule has 1 aromatic carbocycles. The van der Waals surface area contributed by atoms with E-state index in [2.05, 4.69) is 13.8 Å². The first kappa shape index (κ1) is 16.6. The van der Waals surface area contributed by atoms with Crippen molar-refractivity contribution in [3.05, 3.63) is 23.8 Å². The van der Waals surface area contributed by atoms with Crippen molar-refractivity contribution in [3.8, 4) is 11.5 Å². The predicted octanol–water partition coefficient (Wildman–Crippen LogP) is 4.16. The molecule has 0 bridgehead atoms. The van der Waals surface area contributed by atoms with Gasteiger partial charge in [-0.05, 0) is 69.1 Å². The van der Waals surface area contributed by atoms with Gasteiger partial charge < -0.3 is 18.9 Å². The van der Waals surface area contributed by atoms with Crippen molar-refractivity contribution in [2.24, 2.45) is 11.8 Å². The molecule has 4 heteroatoms. The van der Waals surface area contributed by atoms with Crippen LogP contribution in [0.15, 0.2) is 18.2 Å². The molecular weight excluding hydrogens is 292 g/mol. The minimum atomic E-state index is 0.323. The SMILES string of the molecule is CC(C)OCC1CCC(COCc2ccc3c(c2)OCO3)CC1. The topological polar surface area (TPSA) is 36.9 Å². The fourth-order valence-electron chi connectivity index (χ4n) is 3.27. The number of hydrogen-bond donors (Lipinski definition) is 0. The van der Waals surface area contributed by atoms with E-state index in [1.165, 1.54) is 25.7 Å². The molecule has 0 atom stereocenters. The Morgan fingerprint density at radius 1 is 1.00 bits per heavy atom. The van der Waals surface area contributed by atoms with Crippen LogP contribution in [0.1, 0.15) is 45.1 Å². The van der Waals surface area contributed by atoms with Crippen LogP contribution in [0.25, 0.3) is 0 Å². The zero-order valence-electron chi connectivity index (χ0n) is 14.3. The van der Waals surface area contributed by atoms with E-state index in [4.69, 9.17) is 18.9 Å². The van der Waals surface area contributed by atoms with Crippen LogP contribution in [0.2, 0.25) is 0 Å². The van der Waals surface area contributed by atoms with Gasteiger partial charge in [0.05, 0.1) is 12.7 Å². The lowest BCUT2D eigenvalue weighted by atomic mass is 9.83. The molecule has 0 N–H and O–H groups in total. The highest BCUT2D eigenvalue weighted by atomic mass is 16.7. The Bertz CT molecular complexity index is 492. The molecule has 128 valence electrons. The molecule has 4 nitrogen and oxygen atoms in total. The molecule has 23 heavy (non-hydrogen) atoms. The van der Waals surface area contributed by atoms with Gasteiger partial charge in [0.15, 0.2) is 11.5 Å². The molecule has 2 aliphatic rings. The second-order valence-electron chi connectivity index (χ2n) is 6.97. The van der Waals surface area contributed by atoms with Gasteiger partial charge in [0, 0.05) is 13.2 Å². The largest absolute Gasteiger partial charge is 0.454 e. The van der Waals surface area contributed by atoms with Gasteiger partial charge in [-0.1, -0.05) is 6.07 Å². The maximum absolute atomic E-state index is 5.92. The number of fused-ring (bicyclic) bond motifs is 1. The smallest absolute Gasteiger partial charge is 0.231 e. The van der Waals surface area contributed by atoms with Crippen LogP contribution in [-0.4, -0.2) is 26.1 Å². The highest BCUT2D eigenvalue weighted by Crippen LogP contribution is 2.33. The molecule has 1 fully saturated rings. The number of hydrogen-bond acceptors (Lipinski definition) is 4. The maximum Gasteiger partial charge on any atom is 0.231 e. The Morgan fingerprint density at radius 2 is 1.70 bits per heavy atom. The third kappa shape index (κ3) is 4.85. The summed E-state index contributed by atoms with van der Waals surface area (Å²) in [5.74, 6) is 3.09. The third-order valence-corrected chi connectivity index (χ3v) is 4.69. The third-order valence-electron chi connectivity index (χ3n) is 4.69. The molecule has 3 rings (SSSR count). The fourth-order valence-corrected chi connectivity index (χ4v) is 3.27. The van der Waals surface area contributed by atoms with Crippen LogP contribution in [0.4, 0.5) is 0 Å². The van der Waals surface area contributed by atoms with E-state index in [1.54, 1.807) is 0 Å². The number of rotatable bonds is 7. The van der Waals surface area contributed by atoms with Crippen LogP contribution in [0.3, 0.4) is 0 Å². The first-order chi connectivity index (χ1) is 11.2. The summed E-state index contributed by atoms with van der Waals surface area (Å²) in [4.78, 5) is 0. The van der Waals surface area contributed by atoms with Crippen LogP contribution < -0.4 is 9.47 Å². The first-order valence-corrected chi connectivity index (χ1v) is 8.78. The van der Waals surface area contributed by atoms with Crippen LogP contribution in [-0.2, 0) is 16.1 Å². The van der Waals surface area contributed by atoms with Gasteiger partial charge in [0.2, 0.25) is 6.79 Å². The van der Waals surface area contributed by atoms with Gasteiger partial charge in [-0.25, -0.2) is 0 Å². The Morgan fingerprint density at radius 3 is 2.43 bits per heavy atom. The lowest BCUT2D eigenvalue weighted by Crippen LogP contribution is -2.22. The molecule has 1 saturated carbocycles. The summed E-state index contributed by atoms with van der Waals surface area (Å²) in [5, 5.41) is 0. The summed E-state index contributed by atoms with van der Waals surface area (Å²) < 4.78 is 22.4. The van der Waals surface area contributed by atoms with E-state index in [0.29, 0.717) is 25.4 Å². The molecule has 0 saturated heterocycles. The molecule has 0 spiro atoms. The van der Waals surface area contributed by atoms with Crippen LogP contribution in [0, 0.1) is 11.8 Å². The van der Waals surface area contributed by atoms with E-state index in [-0.39, 0.29) is 0 Å². The molecule has 0 aromatic heterocycles. The molecular formula is C19H28O4. The normalized spacial score (nSPS) is 23.4. The maximum atomic E-state index is 5.92. The van der Waals surface area contributed by atoms with Crippen LogP contribution >= 0.6 is 0 Å². The highest BCUT2D eigenvalue weighted by molar-refractivity contribution is 5.44. The molecule has 0 amide bonds. The average Bonchev–Trinajstić information content (AvgIpc) is 3.02. The lowest BCUT2D eigenvalue weighted by Gasteiger charge is -2.28. The highest BCUT2D eigenvalue weighted by Gasteiger charge is 2.22. The zero-order valence-corrected chi connectivity index (χ0v) is 14.3. The zero-order chi connectivity index (χ0) is 16.1. The predicted molar refractivity (Wildman–Crippen MR) is 88.8 cm³/mol. The van der Waals surface area contributed by atoms with Crippen molar-refractivity contribution in [1.29, 1.82) is 0 Å². The van der Waals surface area contributed by atoms with E-state index < -0.39 is 0 Å². The Kier molecular flexibility index (Phi) is 5.79. The van der Waals surface area contributed by atoms with Crippen molar-refractivity contribution < 1.29 is 18.9 Å². The average molecular weight is 320 g/mol. The quantitative estimate of drug-likeness (QED) is 0.756. The van der Waals surface area contributed by atoms with Crippen molar-refractivity contribution in [1.82, 2.24) is 0 Å². The Balaban J connectivity index is 1.34. The molecule has 1 aliphatic heterocycles. The number of benzene rings is 1. The molecule has 1 aromatic rings. The van der Waals surface area contributed by atoms with Gasteiger partial charge in [0.1, 0.15) is 0 Å². The van der Waals surface area contributed by atoms with E-state index in [1.807, 2.05) is 18.2 Å². The second kappa shape index (κ2) is 8.02. The summed E-state index contributed by atoms with van der Waals surface area (Å²) in [7, 11) is 0. The first-order valence-electron chi connectivity index (χ1n) is 8.78. The van der Waals surface area contributed by atoms with Crippen molar-refractivity contribution >= 4 is 0 Å². The fraction of sp³-hybridized carbons (Fsp3) is 0.684. The van der Waals surface area contributed by atoms with E-state index >= 15 is 0 Å². The monoisotopic (exact) mass is 320 g/mol. The van der Waals surface area contributed by atoms with Gasteiger partial charge in [-0.15, -0.1) is 0 Å². The number of ether oxygens (including phenoxy) is 4. The standard InChI is InChI=1S/C19H28O4/c1-14(2)21-12-16-5-3-15(4-6-16)10-20-11-17-7-8-18-19(9-17)23-13-22-18/h7-9,14-16H,3-6,10-13H2,1-2H3. The summed E-state index contributed by atoms with van der Waals surface area (Å²) in [6, 6.07) is 6.02. The van der Waals surface area contributed by atoms with Gasteiger partial charge in [0.25, 0.3) is 0 Å². The lowest BCUT2D eigenvalue weighted by molar-refractivity contribution is 0.0227. The minimum Gasteiger partial charge on any atom is -0.454 e. The molecule has 0 radical (unpaired) electrons. The Hall–Kier alpha value is -1.26.